The van der Waals surface area contributed by atoms with Crippen LogP contribution in [0, 0.1) is 0 Å². The average Bonchev–Trinajstić information content (AvgIpc) is 2.96. The monoisotopic (exact) mass is 470 g/mol. The van der Waals surface area contributed by atoms with Crippen molar-refractivity contribution in [2.24, 2.45) is 0 Å². The molecule has 8 nitrogen and oxygen atoms in total. The molecule has 0 saturated heterocycles. The fourth-order valence-electron chi connectivity index (χ4n) is 4.12. The van der Waals surface area contributed by atoms with Gasteiger partial charge in [-0.05, 0) is 66.4 Å². The highest BCUT2D eigenvalue weighted by Crippen LogP contribution is 2.48. The Morgan fingerprint density at radius 3 is 1.82 bits per heavy atom. The molecule has 0 spiro atoms. The van der Waals surface area contributed by atoms with Gasteiger partial charge in [0.25, 0.3) is 0 Å². The third-order valence-corrected chi connectivity index (χ3v) is 5.65. The normalized spacial score (nSPS) is 14.1. The first-order valence-electron chi connectivity index (χ1n) is 11.0. The quantitative estimate of drug-likeness (QED) is 0.499. The van der Waals surface area contributed by atoms with E-state index in [9.17, 15) is 9.59 Å². The SMILES string of the molecule is CCOC(=O)C[C@H]1C(C(=O)OCC)=Cc2cc(OC)c(OC)cc2-c2cc(OC)c(OC)cc21. The number of ether oxygens (including phenoxy) is 6. The summed E-state index contributed by atoms with van der Waals surface area (Å²) in [4.78, 5) is 25.7. The Kier molecular flexibility index (Phi) is 8.04. The summed E-state index contributed by atoms with van der Waals surface area (Å²) in [5.41, 5.74) is 3.28. The van der Waals surface area contributed by atoms with Crippen LogP contribution in [-0.2, 0) is 19.1 Å². The van der Waals surface area contributed by atoms with Crippen LogP contribution in [0.4, 0.5) is 0 Å². The summed E-state index contributed by atoms with van der Waals surface area (Å²) < 4.78 is 32.7. The number of methoxy groups -OCH3 is 4. The Balaban J connectivity index is 2.39. The van der Waals surface area contributed by atoms with Gasteiger partial charge in [0.1, 0.15) is 0 Å². The van der Waals surface area contributed by atoms with Crippen LogP contribution in [-0.4, -0.2) is 53.6 Å². The second-order valence-electron chi connectivity index (χ2n) is 7.47. The molecule has 182 valence electrons. The number of benzene rings is 2. The molecule has 2 aromatic rings. The molecule has 1 atom stereocenters. The van der Waals surface area contributed by atoms with Gasteiger partial charge in [-0.15, -0.1) is 0 Å². The molecule has 0 N–H and O–H groups in total. The second-order valence-corrected chi connectivity index (χ2v) is 7.47. The highest BCUT2D eigenvalue weighted by Gasteiger charge is 2.33. The van der Waals surface area contributed by atoms with Crippen molar-refractivity contribution >= 4 is 18.0 Å². The number of rotatable bonds is 9. The predicted octanol–water partition coefficient (Wildman–Crippen LogP) is 4.38. The van der Waals surface area contributed by atoms with E-state index in [4.69, 9.17) is 28.4 Å². The molecule has 0 aliphatic heterocycles. The van der Waals surface area contributed by atoms with Gasteiger partial charge in [-0.25, -0.2) is 4.79 Å². The summed E-state index contributed by atoms with van der Waals surface area (Å²) >= 11 is 0. The van der Waals surface area contributed by atoms with E-state index >= 15 is 0 Å². The lowest BCUT2D eigenvalue weighted by Gasteiger charge is -2.22. The molecule has 0 heterocycles. The van der Waals surface area contributed by atoms with Crippen molar-refractivity contribution in [3.63, 3.8) is 0 Å². The molecule has 2 aromatic carbocycles. The van der Waals surface area contributed by atoms with Crippen LogP contribution in [0.15, 0.2) is 29.8 Å². The maximum Gasteiger partial charge on any atom is 0.334 e. The van der Waals surface area contributed by atoms with E-state index in [-0.39, 0.29) is 19.6 Å². The molecular formula is C26H30O8. The highest BCUT2D eigenvalue weighted by molar-refractivity contribution is 6.00. The van der Waals surface area contributed by atoms with Crippen LogP contribution >= 0.6 is 0 Å². The number of hydrogen-bond acceptors (Lipinski definition) is 8. The van der Waals surface area contributed by atoms with Crippen LogP contribution in [0.25, 0.3) is 17.2 Å². The average molecular weight is 471 g/mol. The molecule has 8 heteroatoms. The third-order valence-electron chi connectivity index (χ3n) is 5.65. The topological polar surface area (TPSA) is 89.5 Å². The van der Waals surface area contributed by atoms with Crippen LogP contribution < -0.4 is 18.9 Å². The smallest absolute Gasteiger partial charge is 0.334 e. The fourth-order valence-corrected chi connectivity index (χ4v) is 4.12. The molecule has 0 bridgehead atoms. The van der Waals surface area contributed by atoms with Crippen molar-refractivity contribution in [1.29, 1.82) is 0 Å². The Hall–Kier alpha value is -3.68. The molecule has 0 radical (unpaired) electrons. The van der Waals surface area contributed by atoms with Gasteiger partial charge < -0.3 is 28.4 Å². The third kappa shape index (κ3) is 4.81. The zero-order valence-corrected chi connectivity index (χ0v) is 20.4. The zero-order chi connectivity index (χ0) is 24.8. The van der Waals surface area contributed by atoms with Gasteiger partial charge in [0.15, 0.2) is 23.0 Å². The number of esters is 2. The maximum absolute atomic E-state index is 13.1. The maximum atomic E-state index is 13.1. The first-order chi connectivity index (χ1) is 16.4. The Bertz CT molecular complexity index is 1100. The van der Waals surface area contributed by atoms with E-state index in [1.165, 1.54) is 7.11 Å². The zero-order valence-electron chi connectivity index (χ0n) is 20.4. The van der Waals surface area contributed by atoms with Gasteiger partial charge in [0.2, 0.25) is 0 Å². The summed E-state index contributed by atoms with van der Waals surface area (Å²) in [6, 6.07) is 7.25. The summed E-state index contributed by atoms with van der Waals surface area (Å²) in [5, 5.41) is 0. The summed E-state index contributed by atoms with van der Waals surface area (Å²) in [5.74, 6) is 0.434. The number of carbonyl (C=O) groups excluding carboxylic acids is 2. The van der Waals surface area contributed by atoms with E-state index in [0.717, 1.165) is 11.1 Å². The van der Waals surface area contributed by atoms with E-state index in [1.54, 1.807) is 53.4 Å². The molecule has 0 fully saturated rings. The second kappa shape index (κ2) is 11.0. The fraction of sp³-hybridized carbons (Fsp3) is 0.385. The van der Waals surface area contributed by atoms with Crippen molar-refractivity contribution < 1.29 is 38.0 Å². The number of hydrogen-bond donors (Lipinski definition) is 0. The lowest BCUT2D eigenvalue weighted by atomic mass is 9.85. The number of carbonyl (C=O) groups is 2. The van der Waals surface area contributed by atoms with Crippen LogP contribution in [0.2, 0.25) is 0 Å². The van der Waals surface area contributed by atoms with Crippen LogP contribution in [0.1, 0.15) is 37.3 Å². The Morgan fingerprint density at radius 2 is 1.26 bits per heavy atom. The van der Waals surface area contributed by atoms with E-state index < -0.39 is 17.9 Å². The van der Waals surface area contributed by atoms with E-state index in [0.29, 0.717) is 39.7 Å². The molecule has 0 aromatic heterocycles. The van der Waals surface area contributed by atoms with E-state index in [2.05, 4.69) is 0 Å². The van der Waals surface area contributed by atoms with Crippen molar-refractivity contribution in [2.45, 2.75) is 26.2 Å². The van der Waals surface area contributed by atoms with Gasteiger partial charge in [-0.1, -0.05) is 0 Å². The van der Waals surface area contributed by atoms with Gasteiger partial charge in [0.05, 0.1) is 48.1 Å². The van der Waals surface area contributed by atoms with Crippen molar-refractivity contribution in [3.05, 3.63) is 41.0 Å². The number of fused-ring (bicyclic) bond motifs is 3. The Morgan fingerprint density at radius 1 is 0.735 bits per heavy atom. The van der Waals surface area contributed by atoms with Crippen LogP contribution in [0.5, 0.6) is 23.0 Å². The van der Waals surface area contributed by atoms with Crippen molar-refractivity contribution in [2.75, 3.05) is 41.7 Å². The largest absolute Gasteiger partial charge is 0.493 e. The molecule has 1 aliphatic carbocycles. The summed E-state index contributed by atoms with van der Waals surface area (Å²) in [7, 11) is 6.18. The van der Waals surface area contributed by atoms with Crippen molar-refractivity contribution in [3.8, 4) is 34.1 Å². The molecule has 3 rings (SSSR count). The van der Waals surface area contributed by atoms with Gasteiger partial charge in [0, 0.05) is 11.5 Å². The van der Waals surface area contributed by atoms with Gasteiger partial charge in [-0.3, -0.25) is 4.79 Å². The van der Waals surface area contributed by atoms with Gasteiger partial charge in [-0.2, -0.15) is 0 Å². The lowest BCUT2D eigenvalue weighted by Crippen LogP contribution is -2.19. The first-order valence-corrected chi connectivity index (χ1v) is 11.0. The molecule has 0 amide bonds. The first kappa shape index (κ1) is 25.0. The minimum absolute atomic E-state index is 0.0524. The minimum Gasteiger partial charge on any atom is -0.493 e. The molecular weight excluding hydrogens is 440 g/mol. The Labute approximate surface area is 199 Å². The molecule has 0 unspecified atom stereocenters. The van der Waals surface area contributed by atoms with Gasteiger partial charge >= 0.3 is 11.9 Å². The predicted molar refractivity (Wildman–Crippen MR) is 127 cm³/mol. The summed E-state index contributed by atoms with van der Waals surface area (Å²) in [6.07, 6.45) is 1.68. The summed E-state index contributed by atoms with van der Waals surface area (Å²) in [6.45, 7) is 3.90. The van der Waals surface area contributed by atoms with Crippen LogP contribution in [0.3, 0.4) is 0 Å². The molecule has 1 aliphatic rings. The lowest BCUT2D eigenvalue weighted by molar-refractivity contribution is -0.143. The highest BCUT2D eigenvalue weighted by atomic mass is 16.5. The molecule has 0 saturated carbocycles. The minimum atomic E-state index is -0.641. The molecule has 34 heavy (non-hydrogen) atoms. The van der Waals surface area contributed by atoms with E-state index in [1.807, 2.05) is 12.1 Å². The standard InChI is InChI=1S/C26H30O8/c1-7-33-25(27)14-19-18-13-24(32-6)23(31-5)12-17(18)16-11-22(30-4)21(29-3)10-15(16)9-20(19)26(28)34-8-2/h9-13,19H,7-8,14H2,1-6H3/t19-/m1/s1. The van der Waals surface area contributed by atoms with Crippen molar-refractivity contribution in [1.82, 2.24) is 0 Å².